The summed E-state index contributed by atoms with van der Waals surface area (Å²) in [6.07, 6.45) is 20.4. The second-order valence-electron chi connectivity index (χ2n) is 21.1. The molecular weight excluding hydrogens is 1000 g/mol. The molecule has 0 N–H and O–H groups in total. The first-order valence-corrected chi connectivity index (χ1v) is 25.7. The minimum Gasteiger partial charge on any atom is -0.333 e. The van der Waals surface area contributed by atoms with Gasteiger partial charge in [0.15, 0.2) is 5.69 Å². The first-order valence-electron chi connectivity index (χ1n) is 25.7. The van der Waals surface area contributed by atoms with E-state index >= 15 is 0 Å². The van der Waals surface area contributed by atoms with Crippen LogP contribution in [0.1, 0.15) is 132 Å². The van der Waals surface area contributed by atoms with Gasteiger partial charge in [-0.3, -0.25) is 4.98 Å². The standard InChI is InChI=1S/C34H35N2.C29H29N2.Ir/c1-3-11-23(12-4-1)26-17-10-18-27(24-13-5-2-6-14-24)33(26)31-22-35-21-25-15-9-19-29-28-16-7-8-20-30(28)36(31)34(35)32(25)29;1-19(2)16-21-10-9-11-22(17-20(3)4)28(21)27-18-30-29-25-14-6-5-12-23(25)24-13-7-8-15-26(24)31(27)29;/h7-10,15-20,22-24H,1-6,11-14,21H2;5-13,15,18-20H,16-17H2,1-4H3;/q+1;-1;. The van der Waals surface area contributed by atoms with Gasteiger partial charge in [0.2, 0.25) is 0 Å². The van der Waals surface area contributed by atoms with Crippen LogP contribution < -0.4 is 4.57 Å². The smallest absolute Gasteiger partial charge is 0.295 e. The molecule has 2 aliphatic carbocycles. The van der Waals surface area contributed by atoms with Crippen LogP contribution in [0.2, 0.25) is 0 Å². The normalized spacial score (nSPS) is 15.4. The van der Waals surface area contributed by atoms with Crippen LogP contribution >= 0.6 is 0 Å². The van der Waals surface area contributed by atoms with Crippen molar-refractivity contribution < 1.29 is 24.7 Å². The molecule has 345 valence electrons. The van der Waals surface area contributed by atoms with Crippen LogP contribution in [0.3, 0.4) is 0 Å². The molecule has 1 radical (unpaired) electrons. The molecule has 0 saturated heterocycles. The van der Waals surface area contributed by atoms with Gasteiger partial charge in [-0.1, -0.05) is 163 Å². The SMILES string of the molecule is CC(C)Cc1cccc(CC(C)C)c1-c1cnc2c3[c-]cccc3c3ccccc3n12.[Ir].c1cc(C2CCCCC2)c(-c2c[n+]3c4c5c(cccc5c5ccccc5n24)C3)c(C2CCCCC2)c1. The Morgan fingerprint density at radius 3 is 1.78 bits per heavy atom. The van der Waals surface area contributed by atoms with Gasteiger partial charge in [-0.25, -0.2) is 4.57 Å². The summed E-state index contributed by atoms with van der Waals surface area (Å²) in [5.41, 5.74) is 18.0. The van der Waals surface area contributed by atoms with Gasteiger partial charge in [0, 0.05) is 59.3 Å². The maximum atomic E-state index is 4.95. The Balaban J connectivity index is 0.000000149. The molecule has 2 fully saturated rings. The van der Waals surface area contributed by atoms with Crippen molar-refractivity contribution in [3.8, 4) is 22.5 Å². The molecule has 6 aromatic carbocycles. The minimum absolute atomic E-state index is 0. The summed E-state index contributed by atoms with van der Waals surface area (Å²) in [6.45, 7) is 10.2. The molecule has 5 heteroatoms. The van der Waals surface area contributed by atoms with Gasteiger partial charge in [-0.2, -0.15) is 4.40 Å². The van der Waals surface area contributed by atoms with E-state index in [1.165, 1.54) is 141 Å². The zero-order valence-electron chi connectivity index (χ0n) is 40.3. The molecule has 13 rings (SSSR count). The van der Waals surface area contributed by atoms with Crippen molar-refractivity contribution in [2.45, 2.75) is 123 Å². The molecule has 0 unspecified atom stereocenters. The Morgan fingerprint density at radius 1 is 0.574 bits per heavy atom. The van der Waals surface area contributed by atoms with Crippen molar-refractivity contribution in [3.63, 3.8) is 0 Å². The van der Waals surface area contributed by atoms with Crippen molar-refractivity contribution in [2.24, 2.45) is 11.8 Å². The monoisotopic (exact) mass is 1070 g/mol. The Morgan fingerprint density at radius 2 is 1.13 bits per heavy atom. The Hall–Kier alpha value is -5.61. The summed E-state index contributed by atoms with van der Waals surface area (Å²) in [6, 6.07) is 48.5. The van der Waals surface area contributed by atoms with E-state index in [0.717, 1.165) is 30.4 Å². The molecular formula is C63H64IrN4. The maximum Gasteiger partial charge on any atom is 0.295 e. The fourth-order valence-electron chi connectivity index (χ4n) is 12.9. The molecule has 5 heterocycles. The van der Waals surface area contributed by atoms with E-state index < -0.39 is 0 Å². The Labute approximate surface area is 415 Å². The number of aromatic nitrogens is 4. The minimum atomic E-state index is 0. The van der Waals surface area contributed by atoms with Crippen molar-refractivity contribution in [2.75, 3.05) is 0 Å². The third-order valence-corrected chi connectivity index (χ3v) is 15.7. The Bertz CT molecular complexity index is 3420. The van der Waals surface area contributed by atoms with Gasteiger partial charge in [0.1, 0.15) is 18.3 Å². The number of nitrogens with zero attached hydrogens (tertiary/aromatic N) is 4. The number of imidazole rings is 2. The topological polar surface area (TPSA) is 25.6 Å². The molecule has 10 aromatic rings. The predicted molar refractivity (Wildman–Crippen MR) is 280 cm³/mol. The quantitative estimate of drug-likeness (QED) is 0.0846. The fraction of sp³-hybridized carbons (Fsp3) is 0.333. The third kappa shape index (κ3) is 7.69. The van der Waals surface area contributed by atoms with Crippen LogP contribution in [0.4, 0.5) is 0 Å². The molecule has 3 aliphatic rings. The zero-order chi connectivity index (χ0) is 45.2. The van der Waals surface area contributed by atoms with Gasteiger partial charge < -0.3 is 4.40 Å². The molecule has 4 nitrogen and oxygen atoms in total. The average Bonchev–Trinajstić information content (AvgIpc) is 4.08. The van der Waals surface area contributed by atoms with Gasteiger partial charge in [0.05, 0.1) is 16.7 Å². The number of pyridine rings is 2. The number of hydrogen-bond acceptors (Lipinski definition) is 1. The summed E-state index contributed by atoms with van der Waals surface area (Å²) in [7, 11) is 0. The van der Waals surface area contributed by atoms with E-state index in [0.29, 0.717) is 23.7 Å². The van der Waals surface area contributed by atoms with Gasteiger partial charge >= 0.3 is 0 Å². The van der Waals surface area contributed by atoms with E-state index in [2.05, 4.69) is 175 Å². The van der Waals surface area contributed by atoms with Gasteiger partial charge in [0.25, 0.3) is 5.65 Å². The maximum absolute atomic E-state index is 4.95. The van der Waals surface area contributed by atoms with Crippen molar-refractivity contribution >= 4 is 54.6 Å². The second-order valence-corrected chi connectivity index (χ2v) is 21.1. The summed E-state index contributed by atoms with van der Waals surface area (Å²) in [5.74, 6) is 2.58. The molecule has 4 aromatic heterocycles. The molecule has 0 bridgehead atoms. The molecule has 1 aliphatic heterocycles. The summed E-state index contributed by atoms with van der Waals surface area (Å²) in [4.78, 5) is 4.95. The number of fused-ring (bicyclic) bond motifs is 9. The van der Waals surface area contributed by atoms with Crippen molar-refractivity contribution in [1.29, 1.82) is 0 Å². The van der Waals surface area contributed by atoms with Crippen molar-refractivity contribution in [3.05, 3.63) is 168 Å². The third-order valence-electron chi connectivity index (χ3n) is 15.7. The van der Waals surface area contributed by atoms with Crippen LogP contribution in [0.15, 0.2) is 134 Å². The number of benzene rings is 6. The van der Waals surface area contributed by atoms with Crippen LogP contribution in [-0.2, 0) is 39.5 Å². The molecule has 0 spiro atoms. The first kappa shape index (κ1) is 44.9. The summed E-state index contributed by atoms with van der Waals surface area (Å²) < 4.78 is 7.54. The molecule has 2 saturated carbocycles. The van der Waals surface area contributed by atoms with Crippen LogP contribution in [-0.4, -0.2) is 13.8 Å². The van der Waals surface area contributed by atoms with Crippen LogP contribution in [0, 0.1) is 17.9 Å². The number of hydrogen-bond donors (Lipinski definition) is 0. The van der Waals surface area contributed by atoms with E-state index in [4.69, 9.17) is 4.98 Å². The van der Waals surface area contributed by atoms with E-state index in [1.54, 1.807) is 16.7 Å². The zero-order valence-corrected chi connectivity index (χ0v) is 42.7. The Kier molecular flexibility index (Phi) is 12.3. The molecule has 68 heavy (non-hydrogen) atoms. The summed E-state index contributed by atoms with van der Waals surface area (Å²) in [5, 5.41) is 7.77. The van der Waals surface area contributed by atoms with Crippen LogP contribution in [0.25, 0.3) is 77.2 Å². The number of rotatable bonds is 8. The van der Waals surface area contributed by atoms with Gasteiger partial charge in [-0.05, 0) is 102 Å². The average molecular weight is 1070 g/mol. The molecule has 0 amide bonds. The fourth-order valence-corrected chi connectivity index (χ4v) is 12.9. The first-order chi connectivity index (χ1) is 32.9. The largest absolute Gasteiger partial charge is 0.333 e. The van der Waals surface area contributed by atoms with E-state index in [1.807, 2.05) is 6.07 Å². The number of para-hydroxylation sites is 2. The summed E-state index contributed by atoms with van der Waals surface area (Å²) >= 11 is 0. The molecule has 0 atom stereocenters. The predicted octanol–water partition coefficient (Wildman–Crippen LogP) is 16.2. The van der Waals surface area contributed by atoms with E-state index in [-0.39, 0.29) is 20.1 Å². The van der Waals surface area contributed by atoms with Gasteiger partial charge in [-0.15, -0.1) is 29.7 Å². The van der Waals surface area contributed by atoms with Crippen molar-refractivity contribution in [1.82, 2.24) is 13.8 Å². The van der Waals surface area contributed by atoms with E-state index in [9.17, 15) is 0 Å². The van der Waals surface area contributed by atoms with Crippen LogP contribution in [0.5, 0.6) is 0 Å². The second kappa shape index (κ2) is 18.7.